The van der Waals surface area contributed by atoms with Gasteiger partial charge in [-0.15, -0.1) is 0 Å². The van der Waals surface area contributed by atoms with Crippen molar-refractivity contribution in [2.24, 2.45) is 0 Å². The van der Waals surface area contributed by atoms with Gasteiger partial charge in [0.05, 0.1) is 18.2 Å². The number of nitrogens with zero attached hydrogens (tertiary/aromatic N) is 1. The SMILES string of the molecule is CCc1nc2ccccc2c(C(=O)OCC(=O)NCc2ccc(OC)cc2)c1C. The Bertz CT molecular complexity index is 1030. The minimum atomic E-state index is -0.518. The maximum atomic E-state index is 12.8. The Morgan fingerprint density at radius 1 is 1.07 bits per heavy atom. The summed E-state index contributed by atoms with van der Waals surface area (Å²) < 4.78 is 10.4. The molecule has 1 amide bonds. The highest BCUT2D eigenvalue weighted by Crippen LogP contribution is 2.24. The predicted molar refractivity (Wildman–Crippen MR) is 111 cm³/mol. The van der Waals surface area contributed by atoms with Crippen molar-refractivity contribution >= 4 is 22.8 Å². The Kier molecular flexibility index (Phi) is 6.44. The van der Waals surface area contributed by atoms with Gasteiger partial charge in [-0.1, -0.05) is 37.3 Å². The molecule has 29 heavy (non-hydrogen) atoms. The first-order valence-electron chi connectivity index (χ1n) is 9.48. The van der Waals surface area contributed by atoms with E-state index in [1.54, 1.807) is 7.11 Å². The second kappa shape index (κ2) is 9.19. The van der Waals surface area contributed by atoms with Gasteiger partial charge >= 0.3 is 5.97 Å². The average Bonchev–Trinajstić information content (AvgIpc) is 2.75. The van der Waals surface area contributed by atoms with E-state index in [0.717, 1.165) is 33.5 Å². The van der Waals surface area contributed by atoms with Gasteiger partial charge in [-0.05, 0) is 42.7 Å². The molecule has 0 bridgehead atoms. The number of nitrogens with one attached hydrogen (secondary N) is 1. The number of carbonyl (C=O) groups is 2. The quantitative estimate of drug-likeness (QED) is 0.622. The van der Waals surface area contributed by atoms with Crippen molar-refractivity contribution in [2.75, 3.05) is 13.7 Å². The van der Waals surface area contributed by atoms with E-state index in [1.807, 2.05) is 62.4 Å². The van der Waals surface area contributed by atoms with E-state index < -0.39 is 5.97 Å². The molecule has 0 unspecified atom stereocenters. The molecule has 1 aromatic heterocycles. The van der Waals surface area contributed by atoms with E-state index in [2.05, 4.69) is 10.3 Å². The maximum Gasteiger partial charge on any atom is 0.339 e. The normalized spacial score (nSPS) is 10.6. The van der Waals surface area contributed by atoms with E-state index in [9.17, 15) is 9.59 Å². The summed E-state index contributed by atoms with van der Waals surface area (Å²) in [5, 5.41) is 3.48. The highest BCUT2D eigenvalue weighted by molar-refractivity contribution is 6.05. The fourth-order valence-electron chi connectivity index (χ4n) is 3.16. The number of pyridine rings is 1. The lowest BCUT2D eigenvalue weighted by Gasteiger charge is -2.13. The Morgan fingerprint density at radius 3 is 2.48 bits per heavy atom. The number of rotatable bonds is 7. The van der Waals surface area contributed by atoms with Gasteiger partial charge in [0.15, 0.2) is 6.61 Å². The Morgan fingerprint density at radius 2 is 1.79 bits per heavy atom. The van der Waals surface area contributed by atoms with E-state index in [4.69, 9.17) is 9.47 Å². The van der Waals surface area contributed by atoms with Crippen molar-refractivity contribution in [1.82, 2.24) is 10.3 Å². The Labute approximate surface area is 169 Å². The first-order valence-corrected chi connectivity index (χ1v) is 9.48. The van der Waals surface area contributed by atoms with Gasteiger partial charge in [0.1, 0.15) is 5.75 Å². The highest BCUT2D eigenvalue weighted by atomic mass is 16.5. The van der Waals surface area contributed by atoms with Crippen LogP contribution in [0.5, 0.6) is 5.75 Å². The second-order valence-corrected chi connectivity index (χ2v) is 6.63. The molecular formula is C23H24N2O4. The lowest BCUT2D eigenvalue weighted by Crippen LogP contribution is -2.28. The molecule has 0 radical (unpaired) electrons. The number of fused-ring (bicyclic) bond motifs is 1. The first kappa shape index (κ1) is 20.3. The zero-order valence-electron chi connectivity index (χ0n) is 16.8. The number of aryl methyl sites for hydroxylation is 1. The van der Waals surface area contributed by atoms with Crippen LogP contribution in [0.25, 0.3) is 10.9 Å². The van der Waals surface area contributed by atoms with E-state index >= 15 is 0 Å². The minimum absolute atomic E-state index is 0.341. The molecule has 6 heteroatoms. The summed E-state index contributed by atoms with van der Waals surface area (Å²) in [7, 11) is 1.60. The zero-order chi connectivity index (χ0) is 20.8. The summed E-state index contributed by atoms with van der Waals surface area (Å²) in [6.45, 7) is 3.86. The second-order valence-electron chi connectivity index (χ2n) is 6.63. The standard InChI is InChI=1S/C23H24N2O4/c1-4-19-15(2)22(18-7-5-6-8-20(18)25-19)23(27)29-14-21(26)24-13-16-9-11-17(28-3)12-10-16/h5-12H,4,13-14H2,1-3H3,(H,24,26). The number of methoxy groups -OCH3 is 1. The number of aromatic nitrogens is 1. The van der Waals surface area contributed by atoms with Gasteiger partial charge in [0, 0.05) is 17.6 Å². The van der Waals surface area contributed by atoms with E-state index in [-0.39, 0.29) is 12.5 Å². The molecule has 0 aliphatic rings. The number of esters is 1. The molecule has 0 saturated carbocycles. The number of ether oxygens (including phenoxy) is 2. The zero-order valence-corrected chi connectivity index (χ0v) is 16.8. The highest BCUT2D eigenvalue weighted by Gasteiger charge is 2.19. The predicted octanol–water partition coefficient (Wildman–Crippen LogP) is 3.59. The van der Waals surface area contributed by atoms with Crippen molar-refractivity contribution in [1.29, 1.82) is 0 Å². The van der Waals surface area contributed by atoms with Crippen molar-refractivity contribution in [3.05, 3.63) is 70.9 Å². The largest absolute Gasteiger partial charge is 0.497 e. The van der Waals surface area contributed by atoms with E-state index in [0.29, 0.717) is 18.5 Å². The molecule has 0 spiro atoms. The lowest BCUT2D eigenvalue weighted by atomic mass is 10.0. The number of amides is 1. The molecule has 0 saturated heterocycles. The third-order valence-corrected chi connectivity index (χ3v) is 4.76. The van der Waals surface area contributed by atoms with Crippen LogP contribution in [0.1, 0.15) is 34.1 Å². The van der Waals surface area contributed by atoms with Crippen LogP contribution in [0.4, 0.5) is 0 Å². The summed E-state index contributed by atoms with van der Waals surface area (Å²) >= 11 is 0. The smallest absolute Gasteiger partial charge is 0.339 e. The third-order valence-electron chi connectivity index (χ3n) is 4.76. The Balaban J connectivity index is 1.65. The van der Waals surface area contributed by atoms with Gasteiger partial charge in [-0.3, -0.25) is 9.78 Å². The topological polar surface area (TPSA) is 77.5 Å². The summed E-state index contributed by atoms with van der Waals surface area (Å²) in [6, 6.07) is 14.8. The number of benzene rings is 2. The molecule has 2 aromatic carbocycles. The fraction of sp³-hybridized carbons (Fsp3) is 0.261. The minimum Gasteiger partial charge on any atom is -0.497 e. The monoisotopic (exact) mass is 392 g/mol. The van der Waals surface area contributed by atoms with Crippen LogP contribution in [0, 0.1) is 6.92 Å². The molecule has 3 rings (SSSR count). The molecule has 6 nitrogen and oxygen atoms in total. The van der Waals surface area contributed by atoms with Crippen LogP contribution in [0.3, 0.4) is 0 Å². The number of para-hydroxylation sites is 1. The van der Waals surface area contributed by atoms with Gasteiger partial charge in [0.25, 0.3) is 5.91 Å². The summed E-state index contributed by atoms with van der Waals surface area (Å²) in [5.74, 6) is -0.128. The average molecular weight is 392 g/mol. The van der Waals surface area contributed by atoms with Crippen molar-refractivity contribution < 1.29 is 19.1 Å². The maximum absolute atomic E-state index is 12.8. The molecule has 0 aliphatic carbocycles. The van der Waals surface area contributed by atoms with Crippen LogP contribution in [-0.2, 0) is 22.5 Å². The summed E-state index contributed by atoms with van der Waals surface area (Å²) in [5.41, 5.74) is 3.77. The van der Waals surface area contributed by atoms with Crippen molar-refractivity contribution in [3.8, 4) is 5.75 Å². The van der Waals surface area contributed by atoms with Gasteiger partial charge < -0.3 is 14.8 Å². The molecule has 0 fully saturated rings. The van der Waals surface area contributed by atoms with E-state index in [1.165, 1.54) is 0 Å². The van der Waals surface area contributed by atoms with Crippen LogP contribution in [0.15, 0.2) is 48.5 Å². The lowest BCUT2D eigenvalue weighted by molar-refractivity contribution is -0.124. The first-order chi connectivity index (χ1) is 14.0. The number of hydrogen-bond acceptors (Lipinski definition) is 5. The number of hydrogen-bond donors (Lipinski definition) is 1. The molecule has 3 aromatic rings. The number of carbonyl (C=O) groups excluding carboxylic acids is 2. The third kappa shape index (κ3) is 4.71. The van der Waals surface area contributed by atoms with Gasteiger partial charge in [0.2, 0.25) is 0 Å². The van der Waals surface area contributed by atoms with Crippen LogP contribution in [0.2, 0.25) is 0 Å². The molecule has 1 heterocycles. The van der Waals surface area contributed by atoms with Gasteiger partial charge in [-0.2, -0.15) is 0 Å². The molecule has 0 aliphatic heterocycles. The van der Waals surface area contributed by atoms with Gasteiger partial charge in [-0.25, -0.2) is 4.79 Å². The molecule has 150 valence electrons. The van der Waals surface area contributed by atoms with Crippen LogP contribution < -0.4 is 10.1 Å². The van der Waals surface area contributed by atoms with Crippen molar-refractivity contribution in [3.63, 3.8) is 0 Å². The van der Waals surface area contributed by atoms with Crippen LogP contribution >= 0.6 is 0 Å². The molecule has 0 atom stereocenters. The van der Waals surface area contributed by atoms with Crippen LogP contribution in [-0.4, -0.2) is 30.6 Å². The summed E-state index contributed by atoms with van der Waals surface area (Å²) in [4.78, 5) is 29.5. The summed E-state index contributed by atoms with van der Waals surface area (Å²) in [6.07, 6.45) is 0.708. The van der Waals surface area contributed by atoms with Crippen molar-refractivity contribution in [2.45, 2.75) is 26.8 Å². The fourth-order valence-corrected chi connectivity index (χ4v) is 3.16. The Hall–Kier alpha value is -3.41. The molecule has 1 N–H and O–H groups in total. The molecular weight excluding hydrogens is 368 g/mol.